The molecule has 0 spiro atoms. The normalized spacial score (nSPS) is 19.4. The first-order chi connectivity index (χ1) is 17.4. The van der Waals surface area contributed by atoms with Crippen LogP contribution in [0.25, 0.3) is 0 Å². The van der Waals surface area contributed by atoms with E-state index >= 15 is 0 Å². The van der Waals surface area contributed by atoms with Crippen molar-refractivity contribution in [3.63, 3.8) is 0 Å². The first-order valence-corrected chi connectivity index (χ1v) is 11.9. The highest BCUT2D eigenvalue weighted by Gasteiger charge is 2.33. The minimum Gasteiger partial charge on any atom is -0.465 e. The van der Waals surface area contributed by atoms with Crippen molar-refractivity contribution in [2.24, 2.45) is 0 Å². The maximum Gasteiger partial charge on any atom is 0.416 e. The first-order valence-electron chi connectivity index (χ1n) is 11.5. The van der Waals surface area contributed by atoms with Gasteiger partial charge in [-0.25, -0.2) is 4.79 Å². The highest BCUT2D eigenvalue weighted by molar-refractivity contribution is 7.80. The second-order valence-corrected chi connectivity index (χ2v) is 9.25. The number of halogens is 3. The van der Waals surface area contributed by atoms with Crippen molar-refractivity contribution in [2.45, 2.75) is 50.5 Å². The maximum absolute atomic E-state index is 12.9. The van der Waals surface area contributed by atoms with E-state index in [1.165, 1.54) is 6.07 Å². The van der Waals surface area contributed by atoms with Gasteiger partial charge in [0.2, 0.25) is 5.91 Å². The Balaban J connectivity index is 1.63. The summed E-state index contributed by atoms with van der Waals surface area (Å²) in [6, 6.07) is 10.3. The van der Waals surface area contributed by atoms with Crippen molar-refractivity contribution >= 4 is 35.1 Å². The van der Waals surface area contributed by atoms with E-state index in [-0.39, 0.29) is 18.0 Å². The number of hydrogen-bond donors (Lipinski definition) is 5. The van der Waals surface area contributed by atoms with Crippen LogP contribution < -0.4 is 21.3 Å². The Morgan fingerprint density at radius 2 is 1.68 bits per heavy atom. The highest BCUT2D eigenvalue weighted by Crippen LogP contribution is 2.29. The van der Waals surface area contributed by atoms with Crippen molar-refractivity contribution in [3.8, 4) is 0 Å². The molecule has 0 heterocycles. The van der Waals surface area contributed by atoms with Crippen LogP contribution in [0, 0.1) is 6.92 Å². The van der Waals surface area contributed by atoms with E-state index in [0.29, 0.717) is 23.9 Å². The van der Waals surface area contributed by atoms with Crippen molar-refractivity contribution < 1.29 is 32.7 Å². The first kappa shape index (κ1) is 27.9. The predicted octanol–water partition coefficient (Wildman–Crippen LogP) is 3.38. The number of nitrogens with one attached hydrogen (secondary N) is 4. The van der Waals surface area contributed by atoms with Crippen LogP contribution in [0.1, 0.15) is 46.3 Å². The lowest BCUT2D eigenvalue weighted by molar-refractivity contribution is -0.137. The minimum absolute atomic E-state index is 0.228. The van der Waals surface area contributed by atoms with Crippen LogP contribution >= 0.6 is 12.2 Å². The van der Waals surface area contributed by atoms with E-state index in [0.717, 1.165) is 23.3 Å². The van der Waals surface area contributed by atoms with Crippen LogP contribution in [0.4, 0.5) is 18.0 Å². The van der Waals surface area contributed by atoms with Crippen LogP contribution in [0.3, 0.4) is 0 Å². The van der Waals surface area contributed by atoms with Gasteiger partial charge in [0.25, 0.3) is 5.91 Å². The Hall–Kier alpha value is -3.67. The van der Waals surface area contributed by atoms with Crippen molar-refractivity contribution in [1.29, 1.82) is 0 Å². The number of thiocarbonyl (C=S) groups is 1. The molecule has 2 aromatic rings. The number of carbonyl (C=O) groups is 3. The fourth-order valence-corrected chi connectivity index (χ4v) is 4.41. The standard InChI is InChI=1S/C25H27F3N4O4S/c1-14-5-7-15(8-6-14)23(37)32-19-10-9-18(30-24(35)36)12-20(19)31-21(33)13-29-22(34)16-3-2-4-17(11-16)25(26,27)28/h2-8,11,18-20,30H,9-10,12-13H2,1H3,(H,29,34)(H,31,33)(H,32,37)(H,35,36). The third kappa shape index (κ3) is 8.17. The number of carbonyl (C=O) groups excluding carboxylic acids is 2. The summed E-state index contributed by atoms with van der Waals surface area (Å²) >= 11 is 5.52. The lowest BCUT2D eigenvalue weighted by atomic mass is 9.86. The van der Waals surface area contributed by atoms with Gasteiger partial charge in [-0.3, -0.25) is 9.59 Å². The van der Waals surface area contributed by atoms with E-state index in [1.54, 1.807) is 0 Å². The summed E-state index contributed by atoms with van der Waals surface area (Å²) in [5.74, 6) is -1.40. The van der Waals surface area contributed by atoms with E-state index < -0.39 is 48.3 Å². The van der Waals surface area contributed by atoms with Gasteiger partial charge in [0, 0.05) is 23.2 Å². The largest absolute Gasteiger partial charge is 0.465 e. The van der Waals surface area contributed by atoms with Crippen LogP contribution in [0.2, 0.25) is 0 Å². The molecule has 0 aliphatic heterocycles. The highest BCUT2D eigenvalue weighted by atomic mass is 32.1. The molecule has 3 rings (SSSR count). The van der Waals surface area contributed by atoms with Crippen LogP contribution in [-0.4, -0.2) is 52.7 Å². The average Bonchev–Trinajstić information content (AvgIpc) is 2.83. The van der Waals surface area contributed by atoms with E-state index in [2.05, 4.69) is 21.3 Å². The molecule has 0 aromatic heterocycles. The van der Waals surface area contributed by atoms with E-state index in [9.17, 15) is 27.6 Å². The molecule has 3 amide bonds. The van der Waals surface area contributed by atoms with Crippen LogP contribution in [-0.2, 0) is 11.0 Å². The van der Waals surface area contributed by atoms with Crippen molar-refractivity contribution in [2.75, 3.05) is 6.54 Å². The molecule has 5 N–H and O–H groups in total. The summed E-state index contributed by atoms with van der Waals surface area (Å²) in [6.45, 7) is 1.48. The van der Waals surface area contributed by atoms with Crippen LogP contribution in [0.15, 0.2) is 48.5 Å². The zero-order chi connectivity index (χ0) is 27.2. The molecule has 1 aliphatic rings. The quantitative estimate of drug-likeness (QED) is 0.346. The van der Waals surface area contributed by atoms with Gasteiger partial charge in [0.05, 0.1) is 18.2 Å². The Labute approximate surface area is 217 Å². The Kier molecular flexibility index (Phi) is 9.09. The molecule has 37 heavy (non-hydrogen) atoms. The second-order valence-electron chi connectivity index (χ2n) is 8.84. The summed E-state index contributed by atoms with van der Waals surface area (Å²) in [5, 5.41) is 19.9. The summed E-state index contributed by atoms with van der Waals surface area (Å²) in [6.07, 6.45) is -4.45. The third-order valence-electron chi connectivity index (χ3n) is 6.02. The van der Waals surface area contributed by atoms with Crippen molar-refractivity contribution in [3.05, 3.63) is 70.8 Å². The topological polar surface area (TPSA) is 120 Å². The number of benzene rings is 2. The summed E-state index contributed by atoms with van der Waals surface area (Å²) < 4.78 is 38.8. The molecule has 0 radical (unpaired) electrons. The zero-order valence-electron chi connectivity index (χ0n) is 19.9. The fraction of sp³-hybridized carbons (Fsp3) is 0.360. The second kappa shape index (κ2) is 12.0. The number of alkyl halides is 3. The minimum atomic E-state index is -4.60. The van der Waals surface area contributed by atoms with Gasteiger partial charge in [-0.1, -0.05) is 48.1 Å². The number of carboxylic acid groups (broad SMARTS) is 1. The van der Waals surface area contributed by atoms with Gasteiger partial charge in [-0.15, -0.1) is 0 Å². The summed E-state index contributed by atoms with van der Waals surface area (Å²) in [7, 11) is 0. The van der Waals surface area contributed by atoms with Gasteiger partial charge in [0.15, 0.2) is 0 Å². The number of aryl methyl sites for hydroxylation is 1. The molecule has 3 atom stereocenters. The molecule has 1 saturated carbocycles. The van der Waals surface area contributed by atoms with Gasteiger partial charge < -0.3 is 26.4 Å². The molecule has 0 bridgehead atoms. The Morgan fingerprint density at radius 3 is 2.32 bits per heavy atom. The third-order valence-corrected chi connectivity index (χ3v) is 6.37. The molecule has 1 aliphatic carbocycles. The molecule has 2 aromatic carbocycles. The molecule has 1 fully saturated rings. The summed E-state index contributed by atoms with van der Waals surface area (Å²) in [4.78, 5) is 36.6. The SMILES string of the molecule is Cc1ccc(C(=S)NC2CCC(NC(=O)O)CC2NC(=O)CNC(=O)c2cccc(C(F)(F)F)c2)cc1. The van der Waals surface area contributed by atoms with Gasteiger partial charge in [-0.05, 0) is 44.4 Å². The number of hydrogen-bond acceptors (Lipinski definition) is 4. The van der Waals surface area contributed by atoms with Gasteiger partial charge >= 0.3 is 12.3 Å². The zero-order valence-corrected chi connectivity index (χ0v) is 20.7. The molecular formula is C25H27F3N4O4S. The Morgan fingerprint density at radius 1 is 0.973 bits per heavy atom. The van der Waals surface area contributed by atoms with E-state index in [1.807, 2.05) is 31.2 Å². The molecule has 3 unspecified atom stereocenters. The van der Waals surface area contributed by atoms with Crippen molar-refractivity contribution in [1.82, 2.24) is 21.3 Å². The lowest BCUT2D eigenvalue weighted by Crippen LogP contribution is -2.58. The predicted molar refractivity (Wildman–Crippen MR) is 134 cm³/mol. The molecule has 198 valence electrons. The fourth-order valence-electron chi connectivity index (χ4n) is 4.12. The smallest absolute Gasteiger partial charge is 0.416 e. The van der Waals surface area contributed by atoms with Crippen LogP contribution in [0.5, 0.6) is 0 Å². The summed E-state index contributed by atoms with van der Waals surface area (Å²) in [5.41, 5.74) is 0.671. The van der Waals surface area contributed by atoms with Gasteiger partial charge in [-0.2, -0.15) is 13.2 Å². The molecule has 8 nitrogen and oxygen atoms in total. The van der Waals surface area contributed by atoms with E-state index in [4.69, 9.17) is 17.3 Å². The monoisotopic (exact) mass is 536 g/mol. The molecular weight excluding hydrogens is 509 g/mol. The molecule has 12 heteroatoms. The maximum atomic E-state index is 12.9. The lowest BCUT2D eigenvalue weighted by Gasteiger charge is -2.37. The number of rotatable bonds is 7. The number of amides is 3. The Bertz CT molecular complexity index is 1160. The van der Waals surface area contributed by atoms with Gasteiger partial charge in [0.1, 0.15) is 4.99 Å². The average molecular weight is 537 g/mol. The molecule has 0 saturated heterocycles.